The van der Waals surface area contributed by atoms with Crippen molar-refractivity contribution < 1.29 is 33.5 Å². The van der Waals surface area contributed by atoms with Crippen LogP contribution in [0.1, 0.15) is 84.6 Å². The molecule has 0 aliphatic carbocycles. The highest BCUT2D eigenvalue weighted by Gasteiger charge is 2.36. The van der Waals surface area contributed by atoms with Crippen molar-refractivity contribution >= 4 is 23.8 Å². The van der Waals surface area contributed by atoms with Gasteiger partial charge in [0.15, 0.2) is 13.6 Å². The van der Waals surface area contributed by atoms with Gasteiger partial charge in [0.05, 0.1) is 14.2 Å². The molecule has 0 aliphatic rings. The van der Waals surface area contributed by atoms with Crippen LogP contribution in [0.4, 0.5) is 0 Å². The molecule has 0 unspecified atom stereocenters. The molecule has 8 heteroatoms. The summed E-state index contributed by atoms with van der Waals surface area (Å²) in [7, 11) is 4.99. The Hall–Kier alpha value is -2.99. The molecule has 0 heterocycles. The Bertz CT molecular complexity index is 1400. The molecule has 0 saturated carbocycles. The fourth-order valence-electron chi connectivity index (χ4n) is 5.29. The number of hydrogen-bond donors (Lipinski definition) is 1. The maximum Gasteiger partial charge on any atom is 0.188 e. The molecule has 0 spiro atoms. The topological polar surface area (TPSA) is 75.6 Å². The summed E-state index contributed by atoms with van der Waals surface area (Å²) in [5, 5.41) is 14.7. The number of aromatic hydroxyl groups is 1. The number of phenolic OH excluding ortho intramolecular Hbond substituents is 1. The molecular formula is C37H53O7P. The maximum atomic E-state index is 12.2. The summed E-state index contributed by atoms with van der Waals surface area (Å²) in [6.07, 6.45) is 0. The molecule has 3 aromatic carbocycles. The van der Waals surface area contributed by atoms with Crippen LogP contribution in [0.5, 0.6) is 28.7 Å². The smallest absolute Gasteiger partial charge is 0.188 e. The second kappa shape index (κ2) is 14.2. The largest absolute Gasteiger partial charge is 0.507 e. The normalized spacial score (nSPS) is 12.4. The first-order chi connectivity index (χ1) is 20.9. The maximum absolute atomic E-state index is 12.2. The minimum Gasteiger partial charge on any atom is -0.507 e. The zero-order valence-electron chi connectivity index (χ0n) is 29.7. The Kier molecular flexibility index (Phi) is 11.5. The Morgan fingerprint density at radius 1 is 0.556 bits per heavy atom. The number of rotatable bonds is 11. The fourth-order valence-corrected chi connectivity index (χ4v) is 8.02. The minimum atomic E-state index is -1.56. The van der Waals surface area contributed by atoms with Crippen LogP contribution in [0.15, 0.2) is 36.4 Å². The van der Waals surface area contributed by atoms with E-state index in [1.54, 1.807) is 28.4 Å². The van der Waals surface area contributed by atoms with Crippen LogP contribution in [-0.4, -0.2) is 47.1 Å². The van der Waals surface area contributed by atoms with Crippen LogP contribution in [0.25, 0.3) is 0 Å². The summed E-state index contributed by atoms with van der Waals surface area (Å²) in [4.78, 5) is 0. The second-order valence-electron chi connectivity index (χ2n) is 14.4. The third kappa shape index (κ3) is 8.24. The van der Waals surface area contributed by atoms with Crippen molar-refractivity contribution in [3.05, 3.63) is 58.7 Å². The molecule has 0 radical (unpaired) electrons. The van der Waals surface area contributed by atoms with Crippen LogP contribution in [-0.2, 0) is 25.7 Å². The molecule has 0 amide bonds. The van der Waals surface area contributed by atoms with Crippen LogP contribution >= 0.6 is 7.92 Å². The highest BCUT2D eigenvalue weighted by atomic mass is 31.1. The number of benzene rings is 3. The standard InChI is InChI=1S/C37H53O7P/c1-23-15-26(35(2,3)4)32(38)29(16-23)45(30-19-24(41-13)17-27(36(5,6)7)33(30)43-21-39-11)31-20-25(42-14)18-28(37(8,9)10)34(31)44-22-40-12/h15-20,38H,21-22H2,1-14H3. The molecular weight excluding hydrogens is 587 g/mol. The van der Waals surface area contributed by atoms with Gasteiger partial charge in [-0.25, -0.2) is 0 Å². The Balaban J connectivity index is 2.70. The van der Waals surface area contributed by atoms with Gasteiger partial charge in [0.2, 0.25) is 0 Å². The molecule has 3 rings (SSSR count). The molecule has 0 saturated heterocycles. The van der Waals surface area contributed by atoms with Crippen molar-refractivity contribution in [3.8, 4) is 28.7 Å². The van der Waals surface area contributed by atoms with Gasteiger partial charge in [0, 0.05) is 46.8 Å². The van der Waals surface area contributed by atoms with Crippen molar-refractivity contribution in [2.45, 2.75) is 85.5 Å². The molecule has 7 nitrogen and oxygen atoms in total. The number of phenols is 1. The third-order valence-corrected chi connectivity index (χ3v) is 10.0. The molecule has 0 aliphatic heterocycles. The van der Waals surface area contributed by atoms with E-state index < -0.39 is 7.92 Å². The van der Waals surface area contributed by atoms with Gasteiger partial charge in [-0.1, -0.05) is 68.4 Å². The zero-order chi connectivity index (χ0) is 33.9. The molecule has 0 bridgehead atoms. The van der Waals surface area contributed by atoms with Crippen LogP contribution < -0.4 is 34.9 Å². The van der Waals surface area contributed by atoms with E-state index in [1.165, 1.54) is 0 Å². The molecule has 3 aromatic rings. The Labute approximate surface area is 271 Å². The predicted molar refractivity (Wildman–Crippen MR) is 186 cm³/mol. The lowest BCUT2D eigenvalue weighted by Gasteiger charge is -2.33. The third-order valence-electron chi connectivity index (χ3n) is 7.58. The summed E-state index contributed by atoms with van der Waals surface area (Å²) >= 11 is 0. The van der Waals surface area contributed by atoms with Crippen LogP contribution in [0, 0.1) is 6.92 Å². The number of ether oxygens (including phenoxy) is 6. The van der Waals surface area contributed by atoms with E-state index in [0.29, 0.717) is 23.0 Å². The highest BCUT2D eigenvalue weighted by molar-refractivity contribution is 7.80. The average molecular weight is 641 g/mol. The molecule has 0 atom stereocenters. The van der Waals surface area contributed by atoms with E-state index in [-0.39, 0.29) is 35.6 Å². The SMILES string of the molecule is COCOc1c(P(c2cc(C)cc(C(C)(C)C)c2O)c2cc(OC)cc(C(C)(C)C)c2OCOC)cc(OC)cc1C(C)(C)C. The van der Waals surface area contributed by atoms with E-state index in [9.17, 15) is 5.11 Å². The van der Waals surface area contributed by atoms with Crippen molar-refractivity contribution in [2.75, 3.05) is 42.0 Å². The lowest BCUT2D eigenvalue weighted by atomic mass is 9.85. The van der Waals surface area contributed by atoms with Crippen LogP contribution in [0.3, 0.4) is 0 Å². The monoisotopic (exact) mass is 640 g/mol. The first-order valence-electron chi connectivity index (χ1n) is 15.2. The van der Waals surface area contributed by atoms with Crippen molar-refractivity contribution in [1.82, 2.24) is 0 Å². The van der Waals surface area contributed by atoms with E-state index in [1.807, 2.05) is 24.3 Å². The minimum absolute atomic E-state index is 0.0526. The average Bonchev–Trinajstić information content (AvgIpc) is 2.94. The van der Waals surface area contributed by atoms with Crippen molar-refractivity contribution in [2.24, 2.45) is 0 Å². The number of aryl methyl sites for hydroxylation is 1. The summed E-state index contributed by atoms with van der Waals surface area (Å²) < 4.78 is 35.6. The Morgan fingerprint density at radius 3 is 1.29 bits per heavy atom. The molecule has 0 aromatic heterocycles. The van der Waals surface area contributed by atoms with Crippen molar-refractivity contribution in [1.29, 1.82) is 0 Å². The molecule has 0 fully saturated rings. The van der Waals surface area contributed by atoms with Gasteiger partial charge in [-0.3, -0.25) is 0 Å². The summed E-state index contributed by atoms with van der Waals surface area (Å²) in [6, 6.07) is 12.2. The van der Waals surface area contributed by atoms with Gasteiger partial charge in [-0.2, -0.15) is 0 Å². The van der Waals surface area contributed by atoms with E-state index in [0.717, 1.165) is 38.2 Å². The van der Waals surface area contributed by atoms with Crippen molar-refractivity contribution in [3.63, 3.8) is 0 Å². The first kappa shape index (κ1) is 36.5. The lowest BCUT2D eigenvalue weighted by Crippen LogP contribution is -2.30. The number of hydrogen-bond acceptors (Lipinski definition) is 7. The molecule has 248 valence electrons. The van der Waals surface area contributed by atoms with E-state index in [2.05, 4.69) is 81.4 Å². The summed E-state index contributed by atoms with van der Waals surface area (Å²) in [6.45, 7) is 21.4. The summed E-state index contributed by atoms with van der Waals surface area (Å²) in [5.41, 5.74) is 2.90. The highest BCUT2D eigenvalue weighted by Crippen LogP contribution is 2.50. The predicted octanol–water partition coefficient (Wildman–Crippen LogP) is 7.33. The first-order valence-corrected chi connectivity index (χ1v) is 16.6. The number of methoxy groups -OCH3 is 4. The quantitative estimate of drug-likeness (QED) is 0.174. The van der Waals surface area contributed by atoms with E-state index >= 15 is 0 Å². The zero-order valence-corrected chi connectivity index (χ0v) is 30.6. The van der Waals surface area contributed by atoms with Gasteiger partial charge >= 0.3 is 0 Å². The molecule has 1 N–H and O–H groups in total. The Morgan fingerprint density at radius 2 is 0.956 bits per heavy atom. The summed E-state index contributed by atoms with van der Waals surface area (Å²) in [5.74, 6) is 3.00. The van der Waals surface area contributed by atoms with Crippen LogP contribution in [0.2, 0.25) is 0 Å². The molecule has 45 heavy (non-hydrogen) atoms. The second-order valence-corrected chi connectivity index (χ2v) is 16.5. The van der Waals surface area contributed by atoms with E-state index in [4.69, 9.17) is 28.4 Å². The lowest BCUT2D eigenvalue weighted by molar-refractivity contribution is 0.0505. The van der Waals surface area contributed by atoms with Gasteiger partial charge in [-0.05, 0) is 67.0 Å². The van der Waals surface area contributed by atoms with Gasteiger partial charge in [0.25, 0.3) is 0 Å². The van der Waals surface area contributed by atoms with Gasteiger partial charge < -0.3 is 33.5 Å². The van der Waals surface area contributed by atoms with Gasteiger partial charge in [0.1, 0.15) is 28.7 Å². The van der Waals surface area contributed by atoms with Gasteiger partial charge in [-0.15, -0.1) is 0 Å². The fraction of sp³-hybridized carbons (Fsp3) is 0.514.